The molecular weight excluding hydrogens is 363 g/mol. The molecule has 0 aromatic heterocycles. The highest BCUT2D eigenvalue weighted by Crippen LogP contribution is 2.28. The van der Waals surface area contributed by atoms with Crippen molar-refractivity contribution in [1.29, 1.82) is 0 Å². The lowest BCUT2D eigenvalue weighted by Gasteiger charge is -2.19. The van der Waals surface area contributed by atoms with Crippen molar-refractivity contribution in [3.8, 4) is 0 Å². The number of nitrogens with one attached hydrogen (secondary N) is 1. The summed E-state index contributed by atoms with van der Waals surface area (Å²) in [6, 6.07) is 10.3. The van der Waals surface area contributed by atoms with Crippen LogP contribution in [0.1, 0.15) is 36.3 Å². The van der Waals surface area contributed by atoms with Crippen LogP contribution in [0.3, 0.4) is 0 Å². The van der Waals surface area contributed by atoms with Crippen LogP contribution in [0.2, 0.25) is 0 Å². The zero-order valence-corrected chi connectivity index (χ0v) is 15.4. The summed E-state index contributed by atoms with van der Waals surface area (Å²) in [4.78, 5) is 37.5. The molecule has 7 heteroatoms. The lowest BCUT2D eigenvalue weighted by molar-refractivity contribution is -0.140. The van der Waals surface area contributed by atoms with Crippen LogP contribution in [-0.2, 0) is 14.4 Å². The number of anilines is 2. The van der Waals surface area contributed by atoms with Crippen molar-refractivity contribution in [2.75, 3.05) is 16.8 Å². The molecule has 1 heterocycles. The van der Waals surface area contributed by atoms with Gasteiger partial charge < -0.3 is 15.3 Å². The van der Waals surface area contributed by atoms with Crippen LogP contribution in [0.25, 0.3) is 0 Å². The van der Waals surface area contributed by atoms with E-state index in [0.717, 1.165) is 17.7 Å². The minimum Gasteiger partial charge on any atom is -0.481 e. The van der Waals surface area contributed by atoms with Crippen molar-refractivity contribution in [3.63, 3.8) is 0 Å². The zero-order valence-electron chi connectivity index (χ0n) is 15.4. The summed E-state index contributed by atoms with van der Waals surface area (Å²) in [5.74, 6) is -3.06. The Morgan fingerprint density at radius 2 is 1.93 bits per heavy atom. The van der Waals surface area contributed by atoms with Gasteiger partial charge in [-0.25, -0.2) is 4.39 Å². The summed E-state index contributed by atoms with van der Waals surface area (Å²) < 4.78 is 13.1. The Balaban J connectivity index is 1.69. The van der Waals surface area contributed by atoms with Crippen LogP contribution >= 0.6 is 0 Å². The molecule has 3 rings (SSSR count). The maximum atomic E-state index is 13.1. The predicted octanol–water partition coefficient (Wildman–Crippen LogP) is 3.46. The highest BCUT2D eigenvalue weighted by Gasteiger charge is 2.25. The van der Waals surface area contributed by atoms with Gasteiger partial charge in [-0.1, -0.05) is 12.1 Å². The van der Waals surface area contributed by atoms with Crippen LogP contribution in [0, 0.1) is 12.7 Å². The second kappa shape index (κ2) is 8.21. The molecule has 0 saturated carbocycles. The fourth-order valence-electron chi connectivity index (χ4n) is 3.38. The van der Waals surface area contributed by atoms with E-state index in [0.29, 0.717) is 24.2 Å². The van der Waals surface area contributed by atoms with E-state index in [4.69, 9.17) is 0 Å². The van der Waals surface area contributed by atoms with Crippen molar-refractivity contribution in [2.45, 2.75) is 32.1 Å². The van der Waals surface area contributed by atoms with Gasteiger partial charge in [0.2, 0.25) is 11.8 Å². The molecule has 146 valence electrons. The number of carboxylic acids is 1. The van der Waals surface area contributed by atoms with E-state index in [1.807, 2.05) is 6.92 Å². The van der Waals surface area contributed by atoms with Crippen molar-refractivity contribution < 1.29 is 23.9 Å². The molecule has 0 radical (unpaired) electrons. The van der Waals surface area contributed by atoms with Gasteiger partial charge >= 0.3 is 5.97 Å². The first kappa shape index (κ1) is 19.5. The van der Waals surface area contributed by atoms with E-state index in [2.05, 4.69) is 5.32 Å². The van der Waals surface area contributed by atoms with Crippen molar-refractivity contribution in [2.24, 2.45) is 0 Å². The molecular formula is C21H21FN2O4. The van der Waals surface area contributed by atoms with E-state index >= 15 is 0 Å². The molecule has 1 unspecified atom stereocenters. The van der Waals surface area contributed by atoms with Gasteiger partial charge in [-0.2, -0.15) is 0 Å². The predicted molar refractivity (Wildman–Crippen MR) is 103 cm³/mol. The first-order chi connectivity index (χ1) is 13.3. The summed E-state index contributed by atoms with van der Waals surface area (Å²) in [6.45, 7) is 2.54. The quantitative estimate of drug-likeness (QED) is 0.799. The lowest BCUT2D eigenvalue weighted by atomic mass is 9.95. The Morgan fingerprint density at radius 3 is 2.50 bits per heavy atom. The summed E-state index contributed by atoms with van der Waals surface area (Å²) >= 11 is 0. The number of amides is 2. The molecule has 2 amide bonds. The molecule has 2 aromatic carbocycles. The van der Waals surface area contributed by atoms with E-state index in [-0.39, 0.29) is 12.3 Å². The summed E-state index contributed by atoms with van der Waals surface area (Å²) in [6.07, 6.45) is 1.10. The molecule has 1 aliphatic rings. The minimum atomic E-state index is -1.15. The maximum absolute atomic E-state index is 13.1. The SMILES string of the molecule is Cc1cc(NC(=O)CC(C(=O)O)c2ccc(F)cc2)ccc1N1CCCC1=O. The topological polar surface area (TPSA) is 86.7 Å². The first-order valence-corrected chi connectivity index (χ1v) is 9.04. The smallest absolute Gasteiger partial charge is 0.311 e. The molecule has 28 heavy (non-hydrogen) atoms. The van der Waals surface area contributed by atoms with E-state index in [9.17, 15) is 23.9 Å². The molecule has 2 N–H and O–H groups in total. The number of hydrogen-bond acceptors (Lipinski definition) is 3. The second-order valence-electron chi connectivity index (χ2n) is 6.84. The van der Waals surface area contributed by atoms with Crippen LogP contribution in [0.4, 0.5) is 15.8 Å². The molecule has 1 aliphatic heterocycles. The highest BCUT2D eigenvalue weighted by atomic mass is 19.1. The molecule has 1 fully saturated rings. The third kappa shape index (κ3) is 4.36. The average Bonchev–Trinajstić information content (AvgIpc) is 3.06. The molecule has 0 aliphatic carbocycles. The fraction of sp³-hybridized carbons (Fsp3) is 0.286. The average molecular weight is 384 g/mol. The van der Waals surface area contributed by atoms with Crippen LogP contribution < -0.4 is 10.2 Å². The van der Waals surface area contributed by atoms with Gasteiger partial charge in [0.1, 0.15) is 5.82 Å². The molecule has 1 saturated heterocycles. The largest absolute Gasteiger partial charge is 0.481 e. The Labute approximate surface area is 162 Å². The van der Waals surface area contributed by atoms with Crippen LogP contribution in [0.5, 0.6) is 0 Å². The number of carbonyl (C=O) groups excluding carboxylic acids is 2. The zero-order chi connectivity index (χ0) is 20.3. The van der Waals surface area contributed by atoms with Crippen LogP contribution in [-0.4, -0.2) is 29.4 Å². The van der Waals surface area contributed by atoms with Crippen molar-refractivity contribution in [1.82, 2.24) is 0 Å². The van der Waals surface area contributed by atoms with E-state index in [1.165, 1.54) is 24.3 Å². The van der Waals surface area contributed by atoms with Gasteiger partial charge in [0.15, 0.2) is 0 Å². The molecule has 6 nitrogen and oxygen atoms in total. The van der Waals surface area contributed by atoms with Gasteiger partial charge in [0.25, 0.3) is 0 Å². The van der Waals surface area contributed by atoms with Gasteiger partial charge in [0, 0.05) is 30.8 Å². The second-order valence-corrected chi connectivity index (χ2v) is 6.84. The summed E-state index contributed by atoms with van der Waals surface area (Å²) in [5, 5.41) is 12.1. The Kier molecular flexibility index (Phi) is 5.73. The number of rotatable bonds is 6. The minimum absolute atomic E-state index is 0.0866. The number of hydrogen-bond donors (Lipinski definition) is 2. The summed E-state index contributed by atoms with van der Waals surface area (Å²) in [7, 11) is 0. The molecule has 2 aromatic rings. The van der Waals surface area contributed by atoms with Gasteiger partial charge in [-0.05, 0) is 54.8 Å². The Hall–Kier alpha value is -3.22. The third-order valence-corrected chi connectivity index (χ3v) is 4.80. The maximum Gasteiger partial charge on any atom is 0.311 e. The monoisotopic (exact) mass is 384 g/mol. The first-order valence-electron chi connectivity index (χ1n) is 9.04. The van der Waals surface area contributed by atoms with E-state index < -0.39 is 23.6 Å². The van der Waals surface area contributed by atoms with Gasteiger partial charge in [-0.3, -0.25) is 14.4 Å². The number of benzene rings is 2. The standard InChI is InChI=1S/C21H21FN2O4/c1-13-11-16(8-9-18(13)24-10-2-3-20(24)26)23-19(25)12-17(21(27)28)14-4-6-15(22)7-5-14/h4-9,11,17H,2-3,10,12H2,1H3,(H,23,25)(H,27,28). The number of halogens is 1. The van der Waals surface area contributed by atoms with Gasteiger partial charge in [-0.15, -0.1) is 0 Å². The highest BCUT2D eigenvalue weighted by molar-refractivity contribution is 5.97. The normalized spacial score (nSPS) is 14.8. The molecule has 1 atom stereocenters. The van der Waals surface area contributed by atoms with Crippen molar-refractivity contribution >= 4 is 29.2 Å². The van der Waals surface area contributed by atoms with Crippen molar-refractivity contribution in [3.05, 3.63) is 59.4 Å². The number of aryl methyl sites for hydroxylation is 1. The van der Waals surface area contributed by atoms with Gasteiger partial charge in [0.05, 0.1) is 5.92 Å². The number of aliphatic carboxylic acids is 1. The Morgan fingerprint density at radius 1 is 1.21 bits per heavy atom. The number of carbonyl (C=O) groups is 3. The fourth-order valence-corrected chi connectivity index (χ4v) is 3.38. The lowest BCUT2D eigenvalue weighted by Crippen LogP contribution is -2.24. The summed E-state index contributed by atoms with van der Waals surface area (Å²) in [5.41, 5.74) is 2.56. The Bertz CT molecular complexity index is 911. The van der Waals surface area contributed by atoms with E-state index in [1.54, 1.807) is 23.1 Å². The number of carboxylic acid groups (broad SMARTS) is 1. The molecule has 0 spiro atoms. The number of nitrogens with zero attached hydrogens (tertiary/aromatic N) is 1. The third-order valence-electron chi connectivity index (χ3n) is 4.80. The molecule has 0 bridgehead atoms. The van der Waals surface area contributed by atoms with Crippen LogP contribution in [0.15, 0.2) is 42.5 Å².